The highest BCUT2D eigenvalue weighted by Crippen LogP contribution is 2.73. The summed E-state index contributed by atoms with van der Waals surface area (Å²) in [5.41, 5.74) is 3.62. The molecule has 3 aliphatic heterocycles. The fourth-order valence-corrected chi connectivity index (χ4v) is 4.60. The highest BCUT2D eigenvalue weighted by atomic mass is 16.9. The lowest BCUT2D eigenvalue weighted by molar-refractivity contribution is 0.0708. The summed E-state index contributed by atoms with van der Waals surface area (Å²) >= 11 is 0. The number of benzene rings is 3. The molecule has 3 fully saturated rings. The van der Waals surface area contributed by atoms with Crippen molar-refractivity contribution in [1.29, 1.82) is 0 Å². The molecule has 6 rings (SSSR count). The van der Waals surface area contributed by atoms with E-state index in [1.807, 2.05) is 0 Å². The molecule has 0 amide bonds. The molecule has 3 aromatic rings. The first-order valence-electron chi connectivity index (χ1n) is 8.82. The third-order valence-corrected chi connectivity index (χ3v) is 5.72. The molecule has 0 spiro atoms. The molecular weight excluding hydrogens is 308 g/mol. The Bertz CT molecular complexity index is 915. The highest BCUT2D eigenvalue weighted by Gasteiger charge is 2.83. The van der Waals surface area contributed by atoms with Crippen LogP contribution >= 0.6 is 0 Å². The van der Waals surface area contributed by atoms with Crippen molar-refractivity contribution < 1.29 is 4.84 Å². The molecule has 3 saturated heterocycles. The number of hydroxylamine groups is 2. The lowest BCUT2D eigenvalue weighted by Gasteiger charge is -2.18. The Balaban J connectivity index is 1.47. The van der Waals surface area contributed by atoms with Crippen LogP contribution in [-0.4, -0.2) is 16.0 Å². The molecule has 3 aliphatic rings. The molecule has 0 aliphatic carbocycles. The minimum Gasteiger partial charge on any atom is -0.264 e. The van der Waals surface area contributed by atoms with Crippen LogP contribution in [0.25, 0.3) is 0 Å². The summed E-state index contributed by atoms with van der Waals surface area (Å²) in [6.45, 7) is 0. The van der Waals surface area contributed by atoms with Crippen molar-refractivity contribution in [1.82, 2.24) is 9.96 Å². The quantitative estimate of drug-likeness (QED) is 0.671. The maximum absolute atomic E-state index is 6.29. The second-order valence-corrected chi connectivity index (χ2v) is 7.01. The van der Waals surface area contributed by atoms with Gasteiger partial charge in [0.2, 0.25) is 5.72 Å². The molecule has 0 radical (unpaired) electrons. The highest BCUT2D eigenvalue weighted by molar-refractivity contribution is 5.43. The van der Waals surface area contributed by atoms with Gasteiger partial charge in [-0.25, -0.2) is 0 Å². The minimum atomic E-state index is -0.303. The molecule has 0 saturated carbocycles. The van der Waals surface area contributed by atoms with Gasteiger partial charge in [0.05, 0.1) is 12.1 Å². The van der Waals surface area contributed by atoms with E-state index < -0.39 is 0 Å². The van der Waals surface area contributed by atoms with Crippen LogP contribution < -0.4 is 0 Å². The molecular formula is C22H18N2O. The van der Waals surface area contributed by atoms with E-state index in [4.69, 9.17) is 4.84 Å². The van der Waals surface area contributed by atoms with Gasteiger partial charge in [0.15, 0.2) is 0 Å². The number of fused-ring (bicyclic) bond motifs is 3. The van der Waals surface area contributed by atoms with Gasteiger partial charge in [-0.2, -0.15) is 0 Å². The molecule has 2 unspecified atom stereocenters. The third-order valence-electron chi connectivity index (χ3n) is 5.72. The van der Waals surface area contributed by atoms with Gasteiger partial charge >= 0.3 is 0 Å². The summed E-state index contributed by atoms with van der Waals surface area (Å²) in [5, 5.41) is 2.18. The Kier molecular flexibility index (Phi) is 2.64. The van der Waals surface area contributed by atoms with Crippen LogP contribution in [0.3, 0.4) is 0 Å². The zero-order valence-electron chi connectivity index (χ0n) is 13.7. The minimum absolute atomic E-state index is 0.177. The lowest BCUT2D eigenvalue weighted by atomic mass is 9.96. The average Bonchev–Trinajstić information content (AvgIpc) is 3.59. The van der Waals surface area contributed by atoms with E-state index in [0.29, 0.717) is 12.1 Å². The monoisotopic (exact) mass is 326 g/mol. The Morgan fingerprint density at radius 2 is 1.24 bits per heavy atom. The van der Waals surface area contributed by atoms with Crippen molar-refractivity contribution in [3.8, 4) is 0 Å². The number of hydrogen-bond acceptors (Lipinski definition) is 3. The van der Waals surface area contributed by atoms with Gasteiger partial charge in [-0.3, -0.25) is 9.74 Å². The summed E-state index contributed by atoms with van der Waals surface area (Å²) in [6, 6.07) is 32.9. The summed E-state index contributed by atoms with van der Waals surface area (Å²) in [7, 11) is 0. The average molecular weight is 326 g/mol. The zero-order chi connectivity index (χ0) is 16.4. The summed E-state index contributed by atoms with van der Waals surface area (Å²) in [6.07, 6.45) is 0.177. The zero-order valence-corrected chi connectivity index (χ0v) is 13.7. The van der Waals surface area contributed by atoms with Crippen LogP contribution in [0.1, 0.15) is 28.9 Å². The van der Waals surface area contributed by atoms with Crippen LogP contribution in [-0.2, 0) is 10.6 Å². The van der Waals surface area contributed by atoms with Crippen LogP contribution in [0, 0.1) is 0 Å². The molecule has 3 nitrogen and oxygen atoms in total. The lowest BCUT2D eigenvalue weighted by Crippen LogP contribution is -2.21. The molecule has 0 bridgehead atoms. The summed E-state index contributed by atoms with van der Waals surface area (Å²) < 4.78 is 0. The maximum atomic E-state index is 6.29. The number of nitrogens with zero attached hydrogens (tertiary/aromatic N) is 2. The van der Waals surface area contributed by atoms with E-state index in [1.165, 1.54) is 16.7 Å². The van der Waals surface area contributed by atoms with Gasteiger partial charge in [0.25, 0.3) is 0 Å². The van der Waals surface area contributed by atoms with Crippen molar-refractivity contribution in [2.24, 2.45) is 0 Å². The predicted molar refractivity (Wildman–Crippen MR) is 95.0 cm³/mol. The fraction of sp³-hybridized carbons (Fsp3) is 0.182. The molecule has 0 aromatic heterocycles. The molecule has 3 heterocycles. The summed E-state index contributed by atoms with van der Waals surface area (Å²) in [5.74, 6) is 0. The van der Waals surface area contributed by atoms with Crippen LogP contribution in [0.4, 0.5) is 0 Å². The predicted octanol–water partition coefficient (Wildman–Crippen LogP) is 4.22. The topological polar surface area (TPSA) is 18.5 Å². The third kappa shape index (κ3) is 1.75. The van der Waals surface area contributed by atoms with E-state index in [9.17, 15) is 0 Å². The Labute approximate surface area is 147 Å². The molecule has 3 heteroatoms. The number of hydrogen-bond donors (Lipinski definition) is 0. The molecule has 122 valence electrons. The first-order chi connectivity index (χ1) is 12.4. The largest absolute Gasteiger partial charge is 0.264 e. The molecule has 6 atom stereocenters. The second kappa shape index (κ2) is 4.79. The molecule has 0 N–H and O–H groups in total. The van der Waals surface area contributed by atoms with Crippen LogP contribution in [0.2, 0.25) is 0 Å². The molecule has 25 heavy (non-hydrogen) atoms. The van der Waals surface area contributed by atoms with Crippen molar-refractivity contribution in [2.45, 2.75) is 24.0 Å². The first kappa shape index (κ1) is 13.8. The Hall–Kier alpha value is -2.46. The van der Waals surface area contributed by atoms with Gasteiger partial charge in [-0.05, 0) is 11.1 Å². The standard InChI is InChI=1S/C22H18N2O/c1-4-10-16(11-5-1)19-20-22(18-14-8-3-9-15-18)24(25-22)21(23(19)20)17-12-6-2-7-13-17/h1-15,19-21H/t19-,20+,21+,22+,23?,24?/m1/s1. The SMILES string of the molecule is c1ccc([C@@H]2[C@@H]3N2[C@H](c2ccccc2)N2O[C@@]32c2ccccc2)cc1. The van der Waals surface area contributed by atoms with E-state index >= 15 is 0 Å². The van der Waals surface area contributed by atoms with Gasteiger partial charge in [0.1, 0.15) is 6.17 Å². The van der Waals surface area contributed by atoms with E-state index in [2.05, 4.69) is 101 Å². The van der Waals surface area contributed by atoms with E-state index in [1.54, 1.807) is 0 Å². The van der Waals surface area contributed by atoms with E-state index in [-0.39, 0.29) is 11.9 Å². The van der Waals surface area contributed by atoms with Crippen molar-refractivity contribution >= 4 is 0 Å². The van der Waals surface area contributed by atoms with Crippen molar-refractivity contribution in [3.05, 3.63) is 108 Å². The van der Waals surface area contributed by atoms with Crippen molar-refractivity contribution in [2.75, 3.05) is 0 Å². The normalized spacial score (nSPS) is 37.2. The smallest absolute Gasteiger partial charge is 0.209 e. The van der Waals surface area contributed by atoms with Crippen LogP contribution in [0.5, 0.6) is 0 Å². The Morgan fingerprint density at radius 3 is 1.88 bits per heavy atom. The van der Waals surface area contributed by atoms with Gasteiger partial charge < -0.3 is 0 Å². The second-order valence-electron chi connectivity index (χ2n) is 7.01. The summed E-state index contributed by atoms with van der Waals surface area (Å²) in [4.78, 5) is 8.88. The Morgan fingerprint density at radius 1 is 0.680 bits per heavy atom. The maximum Gasteiger partial charge on any atom is 0.209 e. The number of rotatable bonds is 3. The first-order valence-corrected chi connectivity index (χ1v) is 8.82. The van der Waals surface area contributed by atoms with Crippen molar-refractivity contribution in [3.63, 3.8) is 0 Å². The van der Waals surface area contributed by atoms with Gasteiger partial charge in [-0.1, -0.05) is 91.0 Å². The fourth-order valence-electron chi connectivity index (χ4n) is 4.60. The van der Waals surface area contributed by atoms with E-state index in [0.717, 1.165) is 0 Å². The van der Waals surface area contributed by atoms with Gasteiger partial charge in [-0.15, -0.1) is 5.06 Å². The van der Waals surface area contributed by atoms with Crippen LogP contribution in [0.15, 0.2) is 91.0 Å². The van der Waals surface area contributed by atoms with Gasteiger partial charge in [0, 0.05) is 5.56 Å². The molecule has 3 aromatic carbocycles.